The molecule has 0 radical (unpaired) electrons. The largest absolute Gasteiger partial charge is 0.393 e. The molecule has 1 unspecified atom stereocenters. The van der Waals surface area contributed by atoms with Crippen molar-refractivity contribution in [3.8, 4) is 0 Å². The van der Waals surface area contributed by atoms with Gasteiger partial charge in [-0.15, -0.1) is 0 Å². The standard InChI is InChI=1S/C15H26O2/c1-9-10(16)7-11-13(2,3)12-8-15(9,11)6-5-14(12,4)17/h9-12,16-17H,5-8H2,1-4H3/t9-,10-,11?,12+,14-,15-/m1/s1. The Bertz CT molecular complexity index is 347. The van der Waals surface area contributed by atoms with Gasteiger partial charge in [0.1, 0.15) is 0 Å². The Hall–Kier alpha value is -0.0800. The molecule has 0 aromatic heterocycles. The van der Waals surface area contributed by atoms with Crippen molar-refractivity contribution in [2.45, 2.75) is 65.1 Å². The summed E-state index contributed by atoms with van der Waals surface area (Å²) in [5, 5.41) is 20.8. The summed E-state index contributed by atoms with van der Waals surface area (Å²) in [6, 6.07) is 0. The van der Waals surface area contributed by atoms with Gasteiger partial charge >= 0.3 is 0 Å². The lowest BCUT2D eigenvalue weighted by Crippen LogP contribution is -2.45. The lowest BCUT2D eigenvalue weighted by molar-refractivity contribution is -0.0790. The lowest BCUT2D eigenvalue weighted by Gasteiger charge is -2.44. The highest BCUT2D eigenvalue weighted by Crippen LogP contribution is 2.73. The fraction of sp³-hybridized carbons (Fsp3) is 1.00. The summed E-state index contributed by atoms with van der Waals surface area (Å²) in [6.45, 7) is 8.88. The Kier molecular flexibility index (Phi) is 2.17. The Labute approximate surface area is 104 Å². The van der Waals surface area contributed by atoms with E-state index in [2.05, 4.69) is 20.8 Å². The molecule has 0 heterocycles. The number of aliphatic hydroxyl groups excluding tert-OH is 1. The Morgan fingerprint density at radius 1 is 1.06 bits per heavy atom. The molecule has 2 bridgehead atoms. The van der Waals surface area contributed by atoms with Crippen LogP contribution >= 0.6 is 0 Å². The van der Waals surface area contributed by atoms with Crippen LogP contribution in [0.5, 0.6) is 0 Å². The quantitative estimate of drug-likeness (QED) is 0.681. The van der Waals surface area contributed by atoms with Gasteiger partial charge < -0.3 is 10.2 Å². The van der Waals surface area contributed by atoms with Crippen molar-refractivity contribution in [3.05, 3.63) is 0 Å². The van der Waals surface area contributed by atoms with Crippen LogP contribution in [0.4, 0.5) is 0 Å². The molecule has 1 spiro atoms. The van der Waals surface area contributed by atoms with E-state index < -0.39 is 5.60 Å². The molecule has 2 nitrogen and oxygen atoms in total. The molecule has 3 saturated carbocycles. The summed E-state index contributed by atoms with van der Waals surface area (Å²) >= 11 is 0. The number of fused-ring (bicyclic) bond motifs is 1. The highest BCUT2D eigenvalue weighted by molar-refractivity contribution is 5.18. The molecule has 0 aromatic rings. The summed E-state index contributed by atoms with van der Waals surface area (Å²) in [7, 11) is 0. The molecule has 2 heteroatoms. The third-order valence-electron chi connectivity index (χ3n) is 6.88. The highest BCUT2D eigenvalue weighted by Gasteiger charge is 2.69. The van der Waals surface area contributed by atoms with Gasteiger partial charge in [-0.1, -0.05) is 20.8 Å². The molecular formula is C15H26O2. The normalized spacial score (nSPS) is 60.4. The number of hydrogen-bond acceptors (Lipinski definition) is 2. The van der Waals surface area contributed by atoms with E-state index in [0.29, 0.717) is 23.2 Å². The molecule has 0 aliphatic heterocycles. The minimum Gasteiger partial charge on any atom is -0.393 e. The van der Waals surface area contributed by atoms with Gasteiger partial charge in [0.2, 0.25) is 0 Å². The first kappa shape index (κ1) is 12.0. The fourth-order valence-corrected chi connectivity index (χ4v) is 5.82. The molecule has 98 valence electrons. The molecular weight excluding hydrogens is 212 g/mol. The molecule has 3 rings (SSSR count). The Balaban J connectivity index is 2.07. The maximum atomic E-state index is 10.6. The van der Waals surface area contributed by atoms with Crippen molar-refractivity contribution in [3.63, 3.8) is 0 Å². The van der Waals surface area contributed by atoms with Crippen LogP contribution in [-0.4, -0.2) is 21.9 Å². The smallest absolute Gasteiger partial charge is 0.0653 e. The van der Waals surface area contributed by atoms with Crippen molar-refractivity contribution in [2.75, 3.05) is 0 Å². The summed E-state index contributed by atoms with van der Waals surface area (Å²) < 4.78 is 0. The van der Waals surface area contributed by atoms with Crippen molar-refractivity contribution in [2.24, 2.45) is 28.6 Å². The fourth-order valence-electron chi connectivity index (χ4n) is 5.82. The van der Waals surface area contributed by atoms with Gasteiger partial charge in [0, 0.05) is 0 Å². The van der Waals surface area contributed by atoms with Crippen LogP contribution in [0.1, 0.15) is 53.4 Å². The SMILES string of the molecule is C[C@@H]1[C@H](O)CC2C(C)(C)[C@@H]3C[C@@]21CC[C@@]3(C)O. The third-order valence-corrected chi connectivity index (χ3v) is 6.88. The molecule has 0 amide bonds. The van der Waals surface area contributed by atoms with E-state index in [4.69, 9.17) is 0 Å². The zero-order valence-electron chi connectivity index (χ0n) is 11.5. The van der Waals surface area contributed by atoms with E-state index in [9.17, 15) is 10.2 Å². The minimum absolute atomic E-state index is 0.122. The maximum absolute atomic E-state index is 10.6. The predicted molar refractivity (Wildman–Crippen MR) is 67.5 cm³/mol. The summed E-state index contributed by atoms with van der Waals surface area (Å²) in [5.41, 5.74) is -0.00861. The van der Waals surface area contributed by atoms with Crippen molar-refractivity contribution >= 4 is 0 Å². The van der Waals surface area contributed by atoms with Gasteiger partial charge in [0.15, 0.2) is 0 Å². The van der Waals surface area contributed by atoms with Crippen molar-refractivity contribution in [1.29, 1.82) is 0 Å². The Morgan fingerprint density at radius 2 is 1.71 bits per heavy atom. The highest BCUT2D eigenvalue weighted by atomic mass is 16.3. The summed E-state index contributed by atoms with van der Waals surface area (Å²) in [6.07, 6.45) is 3.96. The van der Waals surface area contributed by atoms with Crippen molar-refractivity contribution in [1.82, 2.24) is 0 Å². The summed E-state index contributed by atoms with van der Waals surface area (Å²) in [4.78, 5) is 0. The molecule has 17 heavy (non-hydrogen) atoms. The zero-order valence-corrected chi connectivity index (χ0v) is 11.5. The van der Waals surface area contributed by atoms with Crippen molar-refractivity contribution < 1.29 is 10.2 Å². The maximum Gasteiger partial charge on any atom is 0.0653 e. The van der Waals surface area contributed by atoms with Crippen LogP contribution in [0.25, 0.3) is 0 Å². The van der Waals surface area contributed by atoms with Gasteiger partial charge in [-0.3, -0.25) is 0 Å². The molecule has 0 saturated heterocycles. The zero-order chi connectivity index (χ0) is 12.6. The average molecular weight is 238 g/mol. The Morgan fingerprint density at radius 3 is 2.35 bits per heavy atom. The van der Waals surface area contributed by atoms with Gasteiger partial charge in [0.25, 0.3) is 0 Å². The van der Waals surface area contributed by atoms with E-state index >= 15 is 0 Å². The van der Waals surface area contributed by atoms with Crippen LogP contribution < -0.4 is 0 Å². The van der Waals surface area contributed by atoms with Crippen LogP contribution in [0.2, 0.25) is 0 Å². The van der Waals surface area contributed by atoms with Crippen LogP contribution in [0, 0.1) is 28.6 Å². The molecule has 2 N–H and O–H groups in total. The third kappa shape index (κ3) is 1.24. The summed E-state index contributed by atoms with van der Waals surface area (Å²) in [5.74, 6) is 1.41. The first-order valence-corrected chi connectivity index (χ1v) is 7.12. The lowest BCUT2D eigenvalue weighted by atomic mass is 9.64. The first-order chi connectivity index (χ1) is 7.72. The van der Waals surface area contributed by atoms with E-state index in [0.717, 1.165) is 25.7 Å². The molecule has 3 aliphatic rings. The van der Waals surface area contributed by atoms with Gasteiger partial charge in [-0.25, -0.2) is 0 Å². The van der Waals surface area contributed by atoms with Crippen LogP contribution in [-0.2, 0) is 0 Å². The van der Waals surface area contributed by atoms with Crippen LogP contribution in [0.3, 0.4) is 0 Å². The average Bonchev–Trinajstić information content (AvgIpc) is 2.58. The second-order valence-corrected chi connectivity index (χ2v) is 7.81. The van der Waals surface area contributed by atoms with E-state index in [1.165, 1.54) is 0 Å². The topological polar surface area (TPSA) is 40.5 Å². The van der Waals surface area contributed by atoms with E-state index in [1.54, 1.807) is 0 Å². The van der Waals surface area contributed by atoms with Gasteiger partial charge in [-0.05, 0) is 61.2 Å². The first-order valence-electron chi connectivity index (χ1n) is 7.12. The van der Waals surface area contributed by atoms with E-state index in [1.807, 2.05) is 6.92 Å². The van der Waals surface area contributed by atoms with E-state index in [-0.39, 0.29) is 11.5 Å². The van der Waals surface area contributed by atoms with Gasteiger partial charge in [0.05, 0.1) is 11.7 Å². The minimum atomic E-state index is -0.496. The van der Waals surface area contributed by atoms with Gasteiger partial charge in [-0.2, -0.15) is 0 Å². The predicted octanol–water partition coefficient (Wildman–Crippen LogP) is 2.58. The number of rotatable bonds is 0. The monoisotopic (exact) mass is 238 g/mol. The number of aliphatic hydroxyl groups is 2. The second kappa shape index (κ2) is 3.08. The molecule has 3 aliphatic carbocycles. The number of hydrogen-bond donors (Lipinski definition) is 2. The second-order valence-electron chi connectivity index (χ2n) is 7.81. The van der Waals surface area contributed by atoms with Crippen LogP contribution in [0.15, 0.2) is 0 Å². The molecule has 0 aromatic carbocycles. The molecule has 3 fully saturated rings. The molecule has 6 atom stereocenters.